The summed E-state index contributed by atoms with van der Waals surface area (Å²) in [5.41, 5.74) is 8.04. The number of rotatable bonds is 3. The highest BCUT2D eigenvalue weighted by Crippen LogP contribution is 2.30. The second-order valence-corrected chi connectivity index (χ2v) is 7.35. The van der Waals surface area contributed by atoms with Crippen LogP contribution in [0.2, 0.25) is 0 Å². The maximum absolute atomic E-state index is 13.0. The Balaban J connectivity index is 2.00. The summed E-state index contributed by atoms with van der Waals surface area (Å²) in [6, 6.07) is 5.11. The summed E-state index contributed by atoms with van der Waals surface area (Å²) in [6.07, 6.45) is 2.22. The first-order chi connectivity index (χ1) is 10.9. The Hall–Kier alpha value is -2.19. The van der Waals surface area contributed by atoms with Gasteiger partial charge in [-0.25, -0.2) is 18.4 Å². The van der Waals surface area contributed by atoms with E-state index in [2.05, 4.69) is 9.97 Å². The highest BCUT2D eigenvalue weighted by Gasteiger charge is 2.31. The Morgan fingerprint density at radius 3 is 2.87 bits per heavy atom. The van der Waals surface area contributed by atoms with Gasteiger partial charge in [0, 0.05) is 12.7 Å². The molecule has 3 rings (SSSR count). The van der Waals surface area contributed by atoms with Crippen LogP contribution in [0.3, 0.4) is 0 Å². The quantitative estimate of drug-likeness (QED) is 0.903. The molecule has 0 amide bonds. The number of nitrogen functional groups attached to an aromatic ring is 1. The first-order valence-electron chi connectivity index (χ1n) is 7.17. The van der Waals surface area contributed by atoms with Gasteiger partial charge in [0.05, 0.1) is 19.3 Å². The fraction of sp³-hybridized carbons (Fsp3) is 0.333. The van der Waals surface area contributed by atoms with Crippen molar-refractivity contribution in [3.8, 4) is 5.75 Å². The van der Waals surface area contributed by atoms with E-state index >= 15 is 0 Å². The van der Waals surface area contributed by atoms with Crippen LogP contribution in [0.5, 0.6) is 5.75 Å². The normalized spacial score (nSPS) is 15.2. The van der Waals surface area contributed by atoms with Gasteiger partial charge in [-0.2, -0.15) is 4.31 Å². The zero-order valence-electron chi connectivity index (χ0n) is 13.0. The number of aryl methyl sites for hydroxylation is 1. The Bertz CT molecular complexity index is 852. The van der Waals surface area contributed by atoms with Crippen molar-refractivity contribution in [2.45, 2.75) is 24.8 Å². The van der Waals surface area contributed by atoms with E-state index in [-0.39, 0.29) is 17.4 Å². The fourth-order valence-corrected chi connectivity index (χ4v) is 4.27. The van der Waals surface area contributed by atoms with Gasteiger partial charge in [0.1, 0.15) is 10.6 Å². The highest BCUT2D eigenvalue weighted by atomic mass is 32.2. The summed E-state index contributed by atoms with van der Waals surface area (Å²) in [7, 11) is -2.21. The number of ether oxygens (including phenoxy) is 1. The van der Waals surface area contributed by atoms with Gasteiger partial charge >= 0.3 is 0 Å². The third kappa shape index (κ3) is 2.87. The van der Waals surface area contributed by atoms with Crippen LogP contribution in [0.15, 0.2) is 29.3 Å². The van der Waals surface area contributed by atoms with Gasteiger partial charge < -0.3 is 10.5 Å². The SMILES string of the molecule is COc1ccc(C)cc1S(=O)(=O)N1CCc2cnc(N)nc2C1. The summed E-state index contributed by atoms with van der Waals surface area (Å²) >= 11 is 0. The number of aromatic nitrogens is 2. The minimum atomic E-state index is -3.68. The molecule has 8 heteroatoms. The molecule has 0 atom stereocenters. The standard InChI is InChI=1S/C15H18N4O3S/c1-10-3-4-13(22-2)14(7-10)23(20,21)19-6-5-11-8-17-15(16)18-12(11)9-19/h3-4,7-8H,5-6,9H2,1-2H3,(H2,16,17,18). The third-order valence-electron chi connectivity index (χ3n) is 3.87. The number of hydrogen-bond acceptors (Lipinski definition) is 6. The number of methoxy groups -OCH3 is 1. The fourth-order valence-electron chi connectivity index (χ4n) is 2.62. The van der Waals surface area contributed by atoms with Crippen molar-refractivity contribution in [1.82, 2.24) is 14.3 Å². The van der Waals surface area contributed by atoms with E-state index < -0.39 is 10.0 Å². The van der Waals surface area contributed by atoms with Crippen LogP contribution in [0.25, 0.3) is 0 Å². The molecule has 2 aromatic rings. The predicted molar refractivity (Wildman–Crippen MR) is 85.5 cm³/mol. The van der Waals surface area contributed by atoms with E-state index in [0.717, 1.165) is 11.1 Å². The van der Waals surface area contributed by atoms with E-state index in [1.807, 2.05) is 13.0 Å². The average Bonchev–Trinajstić information content (AvgIpc) is 2.54. The number of nitrogens with two attached hydrogens (primary N) is 1. The van der Waals surface area contributed by atoms with Gasteiger partial charge in [-0.05, 0) is 36.6 Å². The molecule has 1 aromatic heterocycles. The molecule has 2 N–H and O–H groups in total. The van der Waals surface area contributed by atoms with E-state index in [1.54, 1.807) is 18.3 Å². The average molecular weight is 334 g/mol. The highest BCUT2D eigenvalue weighted by molar-refractivity contribution is 7.89. The van der Waals surface area contributed by atoms with Gasteiger partial charge in [-0.3, -0.25) is 0 Å². The molecule has 0 fully saturated rings. The van der Waals surface area contributed by atoms with Gasteiger partial charge in [0.15, 0.2) is 0 Å². The van der Waals surface area contributed by atoms with Crippen molar-refractivity contribution in [3.05, 3.63) is 41.2 Å². The molecule has 0 unspecified atom stereocenters. The largest absolute Gasteiger partial charge is 0.495 e. The molecule has 0 spiro atoms. The maximum atomic E-state index is 13.0. The van der Waals surface area contributed by atoms with Gasteiger partial charge in [-0.1, -0.05) is 6.07 Å². The second kappa shape index (κ2) is 5.78. The predicted octanol–water partition coefficient (Wildman–Crippen LogP) is 1.12. The Kier molecular flexibility index (Phi) is 3.95. The molecule has 0 bridgehead atoms. The van der Waals surface area contributed by atoms with Gasteiger partial charge in [-0.15, -0.1) is 0 Å². The molecule has 0 saturated heterocycles. The molecule has 1 aromatic carbocycles. The smallest absolute Gasteiger partial charge is 0.247 e. The van der Waals surface area contributed by atoms with Gasteiger partial charge in [0.25, 0.3) is 0 Å². The molecule has 1 aliphatic rings. The zero-order chi connectivity index (χ0) is 16.6. The summed E-state index contributed by atoms with van der Waals surface area (Å²) in [6.45, 7) is 2.40. The minimum Gasteiger partial charge on any atom is -0.495 e. The first-order valence-corrected chi connectivity index (χ1v) is 8.61. The van der Waals surface area contributed by atoms with Crippen LogP contribution in [0.1, 0.15) is 16.8 Å². The molecule has 122 valence electrons. The molecule has 1 aliphatic heterocycles. The number of anilines is 1. The molecule has 2 heterocycles. The van der Waals surface area contributed by atoms with E-state index in [4.69, 9.17) is 10.5 Å². The second-order valence-electron chi connectivity index (χ2n) is 5.44. The summed E-state index contributed by atoms with van der Waals surface area (Å²) < 4.78 is 32.6. The number of hydrogen-bond donors (Lipinski definition) is 1. The number of nitrogens with zero attached hydrogens (tertiary/aromatic N) is 3. The van der Waals surface area contributed by atoms with Crippen LogP contribution in [-0.2, 0) is 23.0 Å². The number of fused-ring (bicyclic) bond motifs is 1. The van der Waals surface area contributed by atoms with Crippen LogP contribution in [0, 0.1) is 6.92 Å². The van der Waals surface area contributed by atoms with Crippen LogP contribution >= 0.6 is 0 Å². The minimum absolute atomic E-state index is 0.149. The van der Waals surface area contributed by atoms with Gasteiger partial charge in [0.2, 0.25) is 16.0 Å². The molecule has 0 radical (unpaired) electrons. The Labute approximate surface area is 135 Å². The number of sulfonamides is 1. The maximum Gasteiger partial charge on any atom is 0.247 e. The lowest BCUT2D eigenvalue weighted by Gasteiger charge is -2.27. The van der Waals surface area contributed by atoms with Crippen molar-refractivity contribution in [1.29, 1.82) is 0 Å². The van der Waals surface area contributed by atoms with Crippen LogP contribution in [-0.4, -0.2) is 36.3 Å². The monoisotopic (exact) mass is 334 g/mol. The lowest BCUT2D eigenvalue weighted by Crippen LogP contribution is -2.36. The van der Waals surface area contributed by atoms with E-state index in [1.165, 1.54) is 11.4 Å². The van der Waals surface area contributed by atoms with Crippen molar-refractivity contribution in [2.75, 3.05) is 19.4 Å². The van der Waals surface area contributed by atoms with Crippen LogP contribution in [0.4, 0.5) is 5.95 Å². The van der Waals surface area contributed by atoms with E-state index in [0.29, 0.717) is 24.4 Å². The van der Waals surface area contributed by atoms with Crippen LogP contribution < -0.4 is 10.5 Å². The molecular weight excluding hydrogens is 316 g/mol. The summed E-state index contributed by atoms with van der Waals surface area (Å²) in [5, 5.41) is 0. The van der Waals surface area contributed by atoms with Crippen molar-refractivity contribution in [3.63, 3.8) is 0 Å². The number of benzene rings is 1. The molecule has 23 heavy (non-hydrogen) atoms. The Morgan fingerprint density at radius 2 is 2.13 bits per heavy atom. The summed E-state index contributed by atoms with van der Waals surface area (Å²) in [5.74, 6) is 0.486. The molecule has 0 aliphatic carbocycles. The Morgan fingerprint density at radius 1 is 1.35 bits per heavy atom. The molecular formula is C15H18N4O3S. The topological polar surface area (TPSA) is 98.4 Å². The summed E-state index contributed by atoms with van der Waals surface area (Å²) in [4.78, 5) is 8.29. The van der Waals surface area contributed by atoms with Crippen molar-refractivity contribution >= 4 is 16.0 Å². The van der Waals surface area contributed by atoms with Crippen molar-refractivity contribution in [2.24, 2.45) is 0 Å². The zero-order valence-corrected chi connectivity index (χ0v) is 13.8. The molecule has 0 saturated carbocycles. The van der Waals surface area contributed by atoms with Crippen molar-refractivity contribution < 1.29 is 13.2 Å². The lowest BCUT2D eigenvalue weighted by atomic mass is 10.1. The third-order valence-corrected chi connectivity index (χ3v) is 5.73. The van der Waals surface area contributed by atoms with E-state index in [9.17, 15) is 8.42 Å². The first kappa shape index (κ1) is 15.7. The molecule has 7 nitrogen and oxygen atoms in total. The lowest BCUT2D eigenvalue weighted by molar-refractivity contribution is 0.373.